The van der Waals surface area contributed by atoms with Crippen LogP contribution in [0.3, 0.4) is 0 Å². The van der Waals surface area contributed by atoms with Gasteiger partial charge in [-0.2, -0.15) is 0 Å². The van der Waals surface area contributed by atoms with Gasteiger partial charge in [-0.15, -0.1) is 0 Å². The van der Waals surface area contributed by atoms with Crippen molar-refractivity contribution >= 4 is 26.6 Å². The molecule has 0 N–H and O–H groups in total. The van der Waals surface area contributed by atoms with E-state index in [4.69, 9.17) is 0 Å². The molecular formula is C15H12N2O4S. The number of rotatable bonds is 3. The van der Waals surface area contributed by atoms with E-state index in [9.17, 15) is 18.5 Å². The molecular weight excluding hydrogens is 304 g/mol. The van der Waals surface area contributed by atoms with E-state index in [1.165, 1.54) is 24.4 Å². The van der Waals surface area contributed by atoms with E-state index in [0.29, 0.717) is 5.52 Å². The fourth-order valence-electron chi connectivity index (χ4n) is 2.38. The van der Waals surface area contributed by atoms with E-state index in [1.54, 1.807) is 18.2 Å². The first-order valence-electron chi connectivity index (χ1n) is 6.48. The van der Waals surface area contributed by atoms with Crippen molar-refractivity contribution in [3.05, 3.63) is 70.4 Å². The van der Waals surface area contributed by atoms with Crippen LogP contribution in [0.4, 0.5) is 5.69 Å². The number of fused-ring (bicyclic) bond motifs is 1. The van der Waals surface area contributed by atoms with Crippen LogP contribution in [-0.2, 0) is 10.0 Å². The zero-order valence-corrected chi connectivity index (χ0v) is 12.4. The van der Waals surface area contributed by atoms with Gasteiger partial charge >= 0.3 is 0 Å². The average molecular weight is 316 g/mol. The van der Waals surface area contributed by atoms with Crippen LogP contribution in [0.2, 0.25) is 0 Å². The van der Waals surface area contributed by atoms with Crippen molar-refractivity contribution in [2.45, 2.75) is 11.8 Å². The fraction of sp³-hybridized carbons (Fsp3) is 0.0667. The lowest BCUT2D eigenvalue weighted by molar-refractivity contribution is -0.385. The Morgan fingerprint density at radius 2 is 1.82 bits per heavy atom. The van der Waals surface area contributed by atoms with Crippen molar-refractivity contribution in [3.63, 3.8) is 0 Å². The Balaban J connectivity index is 2.23. The minimum absolute atomic E-state index is 0.110. The lowest BCUT2D eigenvalue weighted by atomic mass is 10.1. The molecule has 1 aromatic heterocycles. The van der Waals surface area contributed by atoms with Crippen LogP contribution in [0.5, 0.6) is 0 Å². The molecule has 1 heterocycles. The minimum atomic E-state index is -3.88. The van der Waals surface area contributed by atoms with Gasteiger partial charge in [0, 0.05) is 23.7 Å². The smallest absolute Gasteiger partial charge is 0.258 e. The molecule has 7 heteroatoms. The van der Waals surface area contributed by atoms with E-state index >= 15 is 0 Å². The van der Waals surface area contributed by atoms with Crippen LogP contribution in [0, 0.1) is 17.0 Å². The number of hydrogen-bond donors (Lipinski definition) is 0. The highest BCUT2D eigenvalue weighted by molar-refractivity contribution is 7.90. The van der Waals surface area contributed by atoms with Crippen molar-refractivity contribution in [2.75, 3.05) is 0 Å². The number of benzene rings is 2. The largest absolute Gasteiger partial charge is 0.270 e. The average Bonchev–Trinajstić information content (AvgIpc) is 2.93. The molecule has 0 radical (unpaired) electrons. The molecule has 0 atom stereocenters. The maximum Gasteiger partial charge on any atom is 0.270 e. The molecule has 0 fully saturated rings. The van der Waals surface area contributed by atoms with E-state index in [1.807, 2.05) is 13.0 Å². The summed E-state index contributed by atoms with van der Waals surface area (Å²) in [6.07, 6.45) is 1.46. The van der Waals surface area contributed by atoms with E-state index < -0.39 is 14.9 Å². The molecule has 6 nitrogen and oxygen atoms in total. The summed E-state index contributed by atoms with van der Waals surface area (Å²) in [5.74, 6) is 0. The van der Waals surface area contributed by atoms with Gasteiger partial charge in [-0.1, -0.05) is 18.2 Å². The summed E-state index contributed by atoms with van der Waals surface area (Å²) < 4.78 is 26.6. The van der Waals surface area contributed by atoms with Crippen LogP contribution in [-0.4, -0.2) is 17.3 Å². The van der Waals surface area contributed by atoms with Gasteiger partial charge in [-0.25, -0.2) is 12.4 Å². The maximum absolute atomic E-state index is 12.7. The number of nitrogens with zero attached hydrogens (tertiary/aromatic N) is 2. The quantitative estimate of drug-likeness (QED) is 0.549. The predicted molar refractivity (Wildman–Crippen MR) is 82.4 cm³/mol. The summed E-state index contributed by atoms with van der Waals surface area (Å²) in [7, 11) is -3.88. The van der Waals surface area contributed by atoms with Gasteiger partial charge in [0.25, 0.3) is 15.7 Å². The predicted octanol–water partition coefficient (Wildman–Crippen LogP) is 3.09. The number of nitro benzene ring substituents is 1. The van der Waals surface area contributed by atoms with E-state index in [0.717, 1.165) is 21.0 Å². The molecule has 0 aliphatic carbocycles. The van der Waals surface area contributed by atoms with Gasteiger partial charge in [0.05, 0.1) is 15.3 Å². The summed E-state index contributed by atoms with van der Waals surface area (Å²) in [6, 6.07) is 12.1. The molecule has 22 heavy (non-hydrogen) atoms. The Hall–Kier alpha value is -2.67. The number of aromatic nitrogens is 1. The summed E-state index contributed by atoms with van der Waals surface area (Å²) in [5.41, 5.74) is 1.26. The fourth-order valence-corrected chi connectivity index (χ4v) is 3.76. The molecule has 0 spiro atoms. The standard InChI is InChI=1S/C15H12N2O4S/c1-11-4-2-7-15-14(11)8-9-16(15)22(20,21)13-6-3-5-12(10-13)17(18)19/h2-10H,1H3. The van der Waals surface area contributed by atoms with Gasteiger partial charge in [0.2, 0.25) is 0 Å². The third-order valence-corrected chi connectivity index (χ3v) is 5.19. The Morgan fingerprint density at radius 3 is 2.55 bits per heavy atom. The van der Waals surface area contributed by atoms with E-state index in [2.05, 4.69) is 0 Å². The molecule has 2 aromatic carbocycles. The van der Waals surface area contributed by atoms with E-state index in [-0.39, 0.29) is 10.6 Å². The molecule has 0 aliphatic heterocycles. The molecule has 3 aromatic rings. The zero-order chi connectivity index (χ0) is 15.9. The normalized spacial score (nSPS) is 11.7. The zero-order valence-electron chi connectivity index (χ0n) is 11.6. The number of non-ortho nitro benzene ring substituents is 1. The van der Waals surface area contributed by atoms with Crippen LogP contribution < -0.4 is 0 Å². The Kier molecular flexibility index (Phi) is 3.22. The summed E-state index contributed by atoms with van der Waals surface area (Å²) in [4.78, 5) is 10.1. The summed E-state index contributed by atoms with van der Waals surface area (Å²) in [6.45, 7) is 1.90. The Bertz CT molecular complexity index is 990. The SMILES string of the molecule is Cc1cccc2c1ccn2S(=O)(=O)c1cccc([N+](=O)[O-])c1. The summed E-state index contributed by atoms with van der Waals surface area (Å²) in [5, 5.41) is 11.7. The maximum atomic E-state index is 12.7. The van der Waals surface area contributed by atoms with Crippen LogP contribution in [0.25, 0.3) is 10.9 Å². The number of aryl methyl sites for hydroxylation is 1. The second kappa shape index (κ2) is 4.96. The van der Waals surface area contributed by atoms with Crippen LogP contribution in [0.15, 0.2) is 59.6 Å². The van der Waals surface area contributed by atoms with Crippen molar-refractivity contribution < 1.29 is 13.3 Å². The van der Waals surface area contributed by atoms with Crippen LogP contribution >= 0.6 is 0 Å². The second-order valence-electron chi connectivity index (χ2n) is 4.88. The second-order valence-corrected chi connectivity index (χ2v) is 6.69. The first-order chi connectivity index (χ1) is 10.4. The van der Waals surface area contributed by atoms with Crippen molar-refractivity contribution in [1.29, 1.82) is 0 Å². The third-order valence-electron chi connectivity index (χ3n) is 3.50. The van der Waals surface area contributed by atoms with Gasteiger partial charge in [0.1, 0.15) is 0 Å². The molecule has 0 amide bonds. The molecule has 0 unspecified atom stereocenters. The van der Waals surface area contributed by atoms with Gasteiger partial charge in [-0.3, -0.25) is 10.1 Å². The Morgan fingerprint density at radius 1 is 1.09 bits per heavy atom. The molecule has 0 bridgehead atoms. The van der Waals surface area contributed by atoms with Crippen molar-refractivity contribution in [3.8, 4) is 0 Å². The highest BCUT2D eigenvalue weighted by Crippen LogP contribution is 2.26. The molecule has 0 aliphatic rings. The monoisotopic (exact) mass is 316 g/mol. The first kappa shape index (κ1) is 14.3. The number of hydrogen-bond acceptors (Lipinski definition) is 4. The Labute approximate surface area is 126 Å². The topological polar surface area (TPSA) is 82.2 Å². The van der Waals surface area contributed by atoms with Gasteiger partial charge in [0.15, 0.2) is 0 Å². The minimum Gasteiger partial charge on any atom is -0.258 e. The summed E-state index contributed by atoms with van der Waals surface area (Å²) >= 11 is 0. The van der Waals surface area contributed by atoms with Crippen LogP contribution in [0.1, 0.15) is 5.56 Å². The van der Waals surface area contributed by atoms with Gasteiger partial charge < -0.3 is 0 Å². The molecule has 3 rings (SSSR count). The molecule has 0 saturated carbocycles. The van der Waals surface area contributed by atoms with Crippen molar-refractivity contribution in [2.24, 2.45) is 0 Å². The lowest BCUT2D eigenvalue weighted by Gasteiger charge is -2.08. The molecule has 0 saturated heterocycles. The third kappa shape index (κ3) is 2.15. The highest BCUT2D eigenvalue weighted by Gasteiger charge is 2.21. The first-order valence-corrected chi connectivity index (χ1v) is 7.92. The molecule has 112 valence electrons. The lowest BCUT2D eigenvalue weighted by Crippen LogP contribution is -2.12. The van der Waals surface area contributed by atoms with Crippen molar-refractivity contribution in [1.82, 2.24) is 3.97 Å². The number of nitro groups is 1. The highest BCUT2D eigenvalue weighted by atomic mass is 32.2. The van der Waals surface area contributed by atoms with Gasteiger partial charge in [-0.05, 0) is 30.7 Å².